The van der Waals surface area contributed by atoms with Crippen molar-refractivity contribution < 1.29 is 18.3 Å². The van der Waals surface area contributed by atoms with Crippen LogP contribution in [0.4, 0.5) is 0 Å². The van der Waals surface area contributed by atoms with Crippen LogP contribution in [0.1, 0.15) is 13.8 Å². The molecule has 1 heterocycles. The van der Waals surface area contributed by atoms with E-state index < -0.39 is 22.0 Å². The normalized spacial score (nSPS) is 13.5. The Kier molecular flexibility index (Phi) is 4.24. The minimum atomic E-state index is -3.97. The van der Waals surface area contributed by atoms with Gasteiger partial charge in [0.25, 0.3) is 0 Å². The minimum absolute atomic E-state index is 0.0208. The molecule has 21 heavy (non-hydrogen) atoms. The van der Waals surface area contributed by atoms with Gasteiger partial charge in [0.2, 0.25) is 10.0 Å². The van der Waals surface area contributed by atoms with E-state index in [-0.39, 0.29) is 10.8 Å². The maximum Gasteiger partial charge on any atom is 0.322 e. The number of nitrogens with one attached hydrogen (secondary N) is 1. The van der Waals surface area contributed by atoms with Crippen molar-refractivity contribution in [3.05, 3.63) is 36.5 Å². The van der Waals surface area contributed by atoms with Gasteiger partial charge in [-0.25, -0.2) is 8.42 Å². The highest BCUT2D eigenvalue weighted by atomic mass is 32.2. The van der Waals surface area contributed by atoms with Gasteiger partial charge in [-0.2, -0.15) is 4.72 Å². The highest BCUT2D eigenvalue weighted by Crippen LogP contribution is 2.21. The van der Waals surface area contributed by atoms with Crippen molar-refractivity contribution in [3.63, 3.8) is 0 Å². The Hall–Kier alpha value is -1.99. The maximum absolute atomic E-state index is 12.5. The summed E-state index contributed by atoms with van der Waals surface area (Å²) in [5.74, 6) is -1.58. The molecule has 6 nitrogen and oxygen atoms in total. The Labute approximate surface area is 122 Å². The Bertz CT molecular complexity index is 766. The molecule has 2 N–H and O–H groups in total. The first-order valence-corrected chi connectivity index (χ1v) is 7.90. The van der Waals surface area contributed by atoms with Crippen molar-refractivity contribution in [2.45, 2.75) is 24.8 Å². The fourth-order valence-corrected chi connectivity index (χ4v) is 3.51. The predicted molar refractivity (Wildman–Crippen MR) is 78.3 cm³/mol. The molecule has 0 aliphatic heterocycles. The number of hydrogen-bond acceptors (Lipinski definition) is 4. The monoisotopic (exact) mass is 308 g/mol. The number of aliphatic carboxylic acids is 1. The Morgan fingerprint density at radius 2 is 1.90 bits per heavy atom. The minimum Gasteiger partial charge on any atom is -0.480 e. The van der Waals surface area contributed by atoms with Gasteiger partial charge in [-0.15, -0.1) is 0 Å². The fraction of sp³-hybridized carbons (Fsp3) is 0.286. The number of fused-ring (bicyclic) bond motifs is 1. The molecular weight excluding hydrogens is 292 g/mol. The lowest BCUT2D eigenvalue weighted by atomic mass is 10.1. The molecule has 0 aliphatic rings. The van der Waals surface area contributed by atoms with E-state index in [9.17, 15) is 13.2 Å². The van der Waals surface area contributed by atoms with E-state index in [4.69, 9.17) is 5.11 Å². The molecule has 0 amide bonds. The molecule has 0 saturated heterocycles. The lowest BCUT2D eigenvalue weighted by molar-refractivity contribution is -0.140. The number of carboxylic acids is 1. The topological polar surface area (TPSA) is 96.4 Å². The third-order valence-electron chi connectivity index (χ3n) is 3.10. The van der Waals surface area contributed by atoms with Crippen molar-refractivity contribution in [1.82, 2.24) is 9.71 Å². The Balaban J connectivity index is 2.50. The van der Waals surface area contributed by atoms with Crippen LogP contribution in [0.25, 0.3) is 10.9 Å². The molecule has 1 aromatic heterocycles. The largest absolute Gasteiger partial charge is 0.480 e. The molecule has 1 atom stereocenters. The summed E-state index contributed by atoms with van der Waals surface area (Å²) in [5.41, 5.74) is 0.320. The second-order valence-corrected chi connectivity index (χ2v) is 6.69. The summed E-state index contributed by atoms with van der Waals surface area (Å²) in [4.78, 5) is 15.2. The van der Waals surface area contributed by atoms with Crippen LogP contribution in [0.15, 0.2) is 41.4 Å². The predicted octanol–water partition coefficient (Wildman–Crippen LogP) is 1.62. The average molecular weight is 308 g/mol. The van der Waals surface area contributed by atoms with E-state index in [1.165, 1.54) is 12.3 Å². The van der Waals surface area contributed by atoms with Gasteiger partial charge in [-0.05, 0) is 18.1 Å². The average Bonchev–Trinajstić information content (AvgIpc) is 2.43. The van der Waals surface area contributed by atoms with Crippen molar-refractivity contribution in [2.24, 2.45) is 5.92 Å². The van der Waals surface area contributed by atoms with Gasteiger partial charge in [0, 0.05) is 11.6 Å². The number of carboxylic acid groups (broad SMARTS) is 1. The fourth-order valence-electron chi connectivity index (χ4n) is 2.00. The number of benzene rings is 1. The number of para-hydroxylation sites is 1. The number of pyridine rings is 1. The number of carbonyl (C=O) groups is 1. The summed E-state index contributed by atoms with van der Waals surface area (Å²) in [5, 5.41) is 9.80. The van der Waals surface area contributed by atoms with Crippen molar-refractivity contribution in [3.8, 4) is 0 Å². The smallest absolute Gasteiger partial charge is 0.322 e. The SMILES string of the molecule is CC(C)C(NS(=O)(=O)c1cccc2cccnc12)C(=O)O. The first kappa shape index (κ1) is 15.4. The molecule has 0 aliphatic carbocycles. The molecule has 0 saturated carbocycles. The maximum atomic E-state index is 12.5. The van der Waals surface area contributed by atoms with Crippen LogP contribution in [0.3, 0.4) is 0 Å². The molecule has 2 aromatic rings. The van der Waals surface area contributed by atoms with Gasteiger partial charge < -0.3 is 5.11 Å². The van der Waals surface area contributed by atoms with E-state index in [1.54, 1.807) is 38.1 Å². The second-order valence-electron chi connectivity index (χ2n) is 5.01. The van der Waals surface area contributed by atoms with Crippen LogP contribution >= 0.6 is 0 Å². The van der Waals surface area contributed by atoms with Crippen LogP contribution in [-0.4, -0.2) is 30.5 Å². The molecule has 0 radical (unpaired) electrons. The van der Waals surface area contributed by atoms with E-state index in [1.807, 2.05) is 0 Å². The van der Waals surface area contributed by atoms with Gasteiger partial charge in [0.05, 0.1) is 5.52 Å². The van der Waals surface area contributed by atoms with Crippen LogP contribution in [0.5, 0.6) is 0 Å². The van der Waals surface area contributed by atoms with Crippen molar-refractivity contribution in [1.29, 1.82) is 0 Å². The van der Waals surface area contributed by atoms with Gasteiger partial charge in [0.15, 0.2) is 0 Å². The number of hydrogen-bond donors (Lipinski definition) is 2. The molecule has 0 bridgehead atoms. The molecule has 1 unspecified atom stereocenters. The molecule has 7 heteroatoms. The van der Waals surface area contributed by atoms with Gasteiger partial charge in [-0.3, -0.25) is 9.78 Å². The first-order chi connectivity index (χ1) is 9.83. The Morgan fingerprint density at radius 1 is 1.24 bits per heavy atom. The van der Waals surface area contributed by atoms with Gasteiger partial charge >= 0.3 is 5.97 Å². The molecule has 1 aromatic carbocycles. The van der Waals surface area contributed by atoms with E-state index in [0.29, 0.717) is 10.9 Å². The lowest BCUT2D eigenvalue weighted by Crippen LogP contribution is -2.44. The standard InChI is InChI=1S/C14H16N2O4S/c1-9(2)12(14(17)18)16-21(19,20)11-7-3-5-10-6-4-8-15-13(10)11/h3-9,12,16H,1-2H3,(H,17,18). The summed E-state index contributed by atoms with van der Waals surface area (Å²) in [6.07, 6.45) is 1.50. The van der Waals surface area contributed by atoms with Crippen LogP contribution in [0, 0.1) is 5.92 Å². The Morgan fingerprint density at radius 3 is 2.52 bits per heavy atom. The van der Waals surface area contributed by atoms with E-state index >= 15 is 0 Å². The zero-order valence-electron chi connectivity index (χ0n) is 11.6. The molecule has 112 valence electrons. The quantitative estimate of drug-likeness (QED) is 0.875. The van der Waals surface area contributed by atoms with Crippen LogP contribution in [0.2, 0.25) is 0 Å². The lowest BCUT2D eigenvalue weighted by Gasteiger charge is -2.18. The van der Waals surface area contributed by atoms with Gasteiger partial charge in [-0.1, -0.05) is 32.0 Å². The highest BCUT2D eigenvalue weighted by molar-refractivity contribution is 7.89. The number of sulfonamides is 1. The van der Waals surface area contributed by atoms with Crippen molar-refractivity contribution in [2.75, 3.05) is 0 Å². The number of aromatic nitrogens is 1. The molecular formula is C14H16N2O4S. The third kappa shape index (κ3) is 3.20. The van der Waals surface area contributed by atoms with Gasteiger partial charge in [0.1, 0.15) is 10.9 Å². The van der Waals surface area contributed by atoms with Crippen molar-refractivity contribution >= 4 is 26.9 Å². The van der Waals surface area contributed by atoms with Crippen LogP contribution < -0.4 is 4.72 Å². The highest BCUT2D eigenvalue weighted by Gasteiger charge is 2.29. The molecule has 0 fully saturated rings. The summed E-state index contributed by atoms with van der Waals surface area (Å²) < 4.78 is 27.1. The van der Waals surface area contributed by atoms with Crippen LogP contribution in [-0.2, 0) is 14.8 Å². The first-order valence-electron chi connectivity index (χ1n) is 6.42. The van der Waals surface area contributed by atoms with E-state index in [2.05, 4.69) is 9.71 Å². The summed E-state index contributed by atoms with van der Waals surface area (Å²) in [7, 11) is -3.97. The summed E-state index contributed by atoms with van der Waals surface area (Å²) in [6.45, 7) is 3.28. The van der Waals surface area contributed by atoms with E-state index in [0.717, 1.165) is 0 Å². The molecule has 0 spiro atoms. The second kappa shape index (κ2) is 5.79. The summed E-state index contributed by atoms with van der Waals surface area (Å²) >= 11 is 0. The zero-order chi connectivity index (χ0) is 15.6. The zero-order valence-corrected chi connectivity index (χ0v) is 12.5. The number of rotatable bonds is 5. The molecule has 2 rings (SSSR count). The number of nitrogens with zero attached hydrogens (tertiary/aromatic N) is 1. The summed E-state index contributed by atoms with van der Waals surface area (Å²) in [6, 6.07) is 7.03. The third-order valence-corrected chi connectivity index (χ3v) is 4.57.